The van der Waals surface area contributed by atoms with Gasteiger partial charge in [-0.1, -0.05) is 34.1 Å². The summed E-state index contributed by atoms with van der Waals surface area (Å²) in [5, 5.41) is 8.99. The topological polar surface area (TPSA) is 27.0 Å². The van der Waals surface area contributed by atoms with Crippen LogP contribution in [0, 0.1) is 11.3 Å². The van der Waals surface area contributed by atoms with E-state index in [1.165, 1.54) is 11.3 Å². The number of para-hydroxylation sites is 1. The molecule has 0 saturated carbocycles. The van der Waals surface area contributed by atoms with Crippen molar-refractivity contribution in [2.45, 2.75) is 13.0 Å². The molecule has 3 rings (SSSR count). The molecule has 1 aliphatic rings. The Kier molecular flexibility index (Phi) is 3.27. The maximum atomic E-state index is 8.99. The highest BCUT2D eigenvalue weighted by atomic mass is 79.9. The SMILES string of the molecule is N#Cc1ccc(Br)c(CN2CCc3ccccc32)c1. The highest BCUT2D eigenvalue weighted by Crippen LogP contribution is 2.30. The van der Waals surface area contributed by atoms with Crippen LogP contribution in [0.2, 0.25) is 0 Å². The number of benzene rings is 2. The Morgan fingerprint density at radius 3 is 2.89 bits per heavy atom. The lowest BCUT2D eigenvalue weighted by Crippen LogP contribution is -2.19. The second-order valence-electron chi connectivity index (χ2n) is 4.72. The number of halogens is 1. The summed E-state index contributed by atoms with van der Waals surface area (Å²) in [7, 11) is 0. The normalized spacial score (nSPS) is 13.2. The van der Waals surface area contributed by atoms with Gasteiger partial charge < -0.3 is 4.90 Å². The molecule has 2 nitrogen and oxygen atoms in total. The highest BCUT2D eigenvalue weighted by Gasteiger charge is 2.19. The van der Waals surface area contributed by atoms with Gasteiger partial charge in [0.1, 0.15) is 0 Å². The van der Waals surface area contributed by atoms with Gasteiger partial charge in [0.2, 0.25) is 0 Å². The van der Waals surface area contributed by atoms with Crippen LogP contribution in [0.25, 0.3) is 0 Å². The highest BCUT2D eigenvalue weighted by molar-refractivity contribution is 9.10. The predicted octanol–water partition coefficient (Wildman–Crippen LogP) is 3.88. The number of nitrogens with zero attached hydrogens (tertiary/aromatic N) is 2. The van der Waals surface area contributed by atoms with E-state index in [0.29, 0.717) is 5.56 Å². The van der Waals surface area contributed by atoms with Crippen LogP contribution in [0.4, 0.5) is 5.69 Å². The fourth-order valence-electron chi connectivity index (χ4n) is 2.54. The van der Waals surface area contributed by atoms with E-state index >= 15 is 0 Å². The minimum atomic E-state index is 0.714. The zero-order valence-electron chi connectivity index (χ0n) is 10.4. The zero-order chi connectivity index (χ0) is 13.2. The van der Waals surface area contributed by atoms with Crippen LogP contribution in [0.15, 0.2) is 46.9 Å². The molecule has 1 aliphatic heterocycles. The first-order valence-electron chi connectivity index (χ1n) is 6.29. The maximum absolute atomic E-state index is 8.99. The molecule has 1 heterocycles. The summed E-state index contributed by atoms with van der Waals surface area (Å²) in [4.78, 5) is 2.37. The Labute approximate surface area is 121 Å². The first-order valence-corrected chi connectivity index (χ1v) is 7.08. The molecule has 0 bridgehead atoms. The monoisotopic (exact) mass is 312 g/mol. The van der Waals surface area contributed by atoms with E-state index in [4.69, 9.17) is 5.26 Å². The van der Waals surface area contributed by atoms with E-state index < -0.39 is 0 Å². The molecular weight excluding hydrogens is 300 g/mol. The molecular formula is C16H13BrN2. The molecule has 0 amide bonds. The summed E-state index contributed by atoms with van der Waals surface area (Å²) in [5.74, 6) is 0. The van der Waals surface area contributed by atoms with Crippen molar-refractivity contribution in [3.05, 3.63) is 63.6 Å². The summed E-state index contributed by atoms with van der Waals surface area (Å²) in [5.41, 5.74) is 4.60. The van der Waals surface area contributed by atoms with Crippen LogP contribution >= 0.6 is 15.9 Å². The molecule has 0 spiro atoms. The van der Waals surface area contributed by atoms with Crippen molar-refractivity contribution in [3.8, 4) is 6.07 Å². The quantitative estimate of drug-likeness (QED) is 0.841. The molecule has 0 N–H and O–H groups in total. The molecule has 0 aliphatic carbocycles. The van der Waals surface area contributed by atoms with Gasteiger partial charge in [-0.05, 0) is 41.8 Å². The Hall–Kier alpha value is -1.79. The minimum Gasteiger partial charge on any atom is -0.367 e. The van der Waals surface area contributed by atoms with Crippen molar-refractivity contribution in [2.24, 2.45) is 0 Å². The molecule has 19 heavy (non-hydrogen) atoms. The van der Waals surface area contributed by atoms with Crippen LogP contribution in [0.5, 0.6) is 0 Å². The molecule has 2 aromatic carbocycles. The van der Waals surface area contributed by atoms with Crippen LogP contribution in [-0.2, 0) is 13.0 Å². The molecule has 0 atom stereocenters. The third-order valence-corrected chi connectivity index (χ3v) is 4.29. The van der Waals surface area contributed by atoms with Crippen molar-refractivity contribution in [1.29, 1.82) is 5.26 Å². The second-order valence-corrected chi connectivity index (χ2v) is 5.57. The van der Waals surface area contributed by atoms with Crippen molar-refractivity contribution in [3.63, 3.8) is 0 Å². The summed E-state index contributed by atoms with van der Waals surface area (Å²) in [6, 6.07) is 16.5. The molecule has 2 aromatic rings. The Balaban J connectivity index is 1.89. The number of rotatable bonds is 2. The van der Waals surface area contributed by atoms with E-state index in [2.05, 4.69) is 51.2 Å². The third kappa shape index (κ3) is 2.36. The largest absolute Gasteiger partial charge is 0.367 e. The average molecular weight is 313 g/mol. The summed E-state index contributed by atoms with van der Waals surface area (Å²) in [6.45, 7) is 1.88. The zero-order valence-corrected chi connectivity index (χ0v) is 12.0. The molecule has 0 saturated heterocycles. The fourth-order valence-corrected chi connectivity index (χ4v) is 2.91. The number of anilines is 1. The molecule has 0 aromatic heterocycles. The van der Waals surface area contributed by atoms with Gasteiger partial charge in [-0.15, -0.1) is 0 Å². The van der Waals surface area contributed by atoms with Gasteiger partial charge in [0, 0.05) is 23.2 Å². The van der Waals surface area contributed by atoms with Gasteiger partial charge in [-0.3, -0.25) is 0 Å². The van der Waals surface area contributed by atoms with Gasteiger partial charge in [-0.2, -0.15) is 5.26 Å². The maximum Gasteiger partial charge on any atom is 0.0991 e. The Bertz CT molecular complexity index is 658. The second kappa shape index (κ2) is 5.07. The molecule has 3 heteroatoms. The molecule has 0 radical (unpaired) electrons. The molecule has 0 unspecified atom stereocenters. The van der Waals surface area contributed by atoms with Gasteiger partial charge >= 0.3 is 0 Å². The summed E-state index contributed by atoms with van der Waals surface area (Å²) >= 11 is 3.57. The molecule has 94 valence electrons. The van der Waals surface area contributed by atoms with Gasteiger partial charge in [0.05, 0.1) is 11.6 Å². The fraction of sp³-hybridized carbons (Fsp3) is 0.188. The predicted molar refractivity (Wildman–Crippen MR) is 80.1 cm³/mol. The third-order valence-electron chi connectivity index (χ3n) is 3.52. The van der Waals surface area contributed by atoms with Crippen molar-refractivity contribution in [2.75, 3.05) is 11.4 Å². The van der Waals surface area contributed by atoms with Gasteiger partial charge in [-0.25, -0.2) is 0 Å². The van der Waals surface area contributed by atoms with E-state index in [0.717, 1.165) is 29.5 Å². The van der Waals surface area contributed by atoms with E-state index in [1.54, 1.807) is 0 Å². The van der Waals surface area contributed by atoms with Crippen molar-refractivity contribution < 1.29 is 0 Å². The van der Waals surface area contributed by atoms with Crippen LogP contribution in [0.1, 0.15) is 16.7 Å². The number of fused-ring (bicyclic) bond motifs is 1. The number of hydrogen-bond acceptors (Lipinski definition) is 2. The van der Waals surface area contributed by atoms with Crippen LogP contribution in [0.3, 0.4) is 0 Å². The van der Waals surface area contributed by atoms with E-state index in [9.17, 15) is 0 Å². The van der Waals surface area contributed by atoms with Crippen molar-refractivity contribution >= 4 is 21.6 Å². The standard InChI is InChI=1S/C16H13BrN2/c17-15-6-5-12(10-18)9-14(15)11-19-8-7-13-3-1-2-4-16(13)19/h1-6,9H,7-8,11H2. The van der Waals surface area contributed by atoms with Crippen LogP contribution < -0.4 is 4.90 Å². The van der Waals surface area contributed by atoms with Gasteiger partial charge in [0.25, 0.3) is 0 Å². The number of hydrogen-bond donors (Lipinski definition) is 0. The average Bonchev–Trinajstić information content (AvgIpc) is 2.85. The lowest BCUT2D eigenvalue weighted by molar-refractivity contribution is 0.833. The lowest BCUT2D eigenvalue weighted by atomic mass is 10.1. The van der Waals surface area contributed by atoms with Gasteiger partial charge in [0.15, 0.2) is 0 Å². The van der Waals surface area contributed by atoms with E-state index in [-0.39, 0.29) is 0 Å². The first-order chi connectivity index (χ1) is 9.28. The van der Waals surface area contributed by atoms with E-state index in [1.807, 2.05) is 18.2 Å². The Morgan fingerprint density at radius 2 is 2.05 bits per heavy atom. The van der Waals surface area contributed by atoms with Crippen molar-refractivity contribution in [1.82, 2.24) is 0 Å². The molecule has 0 fully saturated rings. The number of nitriles is 1. The lowest BCUT2D eigenvalue weighted by Gasteiger charge is -2.20. The summed E-state index contributed by atoms with van der Waals surface area (Å²) in [6.07, 6.45) is 1.10. The van der Waals surface area contributed by atoms with Crippen LogP contribution in [-0.4, -0.2) is 6.54 Å². The minimum absolute atomic E-state index is 0.714. The smallest absolute Gasteiger partial charge is 0.0991 e. The Morgan fingerprint density at radius 1 is 1.21 bits per heavy atom. The first kappa shape index (κ1) is 12.3. The summed E-state index contributed by atoms with van der Waals surface area (Å²) < 4.78 is 1.07.